The molecule has 2 heterocycles. The maximum absolute atomic E-state index is 4.56. The van der Waals surface area contributed by atoms with Gasteiger partial charge >= 0.3 is 0 Å². The summed E-state index contributed by atoms with van der Waals surface area (Å²) < 4.78 is 1.78. The average Bonchev–Trinajstić information content (AvgIpc) is 3.14. The molecule has 4 rings (SSSR count). The van der Waals surface area contributed by atoms with Crippen molar-refractivity contribution >= 4 is 11.0 Å². The van der Waals surface area contributed by atoms with E-state index in [1.54, 1.807) is 4.68 Å². The summed E-state index contributed by atoms with van der Waals surface area (Å²) in [5, 5.41) is 4.42. The lowest BCUT2D eigenvalue weighted by molar-refractivity contribution is 0.829. The number of rotatable bonds is 2. The molecule has 0 fully saturated rings. The minimum atomic E-state index is 0.732. The fraction of sp³-hybridized carbons (Fsp3) is 0.0588. The van der Waals surface area contributed by atoms with Gasteiger partial charge in [0.05, 0.1) is 17.2 Å². The summed E-state index contributed by atoms with van der Waals surface area (Å²) in [6.07, 6.45) is 3.87. The van der Waals surface area contributed by atoms with Crippen molar-refractivity contribution < 1.29 is 0 Å². The minimum Gasteiger partial charge on any atom is -0.322 e. The van der Waals surface area contributed by atoms with Gasteiger partial charge in [0.2, 0.25) is 5.95 Å². The van der Waals surface area contributed by atoms with Gasteiger partial charge in [-0.05, 0) is 30.2 Å². The van der Waals surface area contributed by atoms with Crippen LogP contribution in [0.15, 0.2) is 60.9 Å². The predicted octanol–water partition coefficient (Wildman–Crippen LogP) is 3.72. The van der Waals surface area contributed by atoms with Crippen LogP contribution in [0.4, 0.5) is 0 Å². The number of fused-ring (bicyclic) bond motifs is 1. The number of H-pyrrole nitrogens is 1. The van der Waals surface area contributed by atoms with Crippen molar-refractivity contribution in [3.8, 4) is 17.1 Å². The van der Waals surface area contributed by atoms with Gasteiger partial charge in [0, 0.05) is 11.8 Å². The van der Waals surface area contributed by atoms with Crippen LogP contribution in [-0.4, -0.2) is 19.7 Å². The molecule has 21 heavy (non-hydrogen) atoms. The zero-order chi connectivity index (χ0) is 14.2. The first-order chi connectivity index (χ1) is 10.3. The highest BCUT2D eigenvalue weighted by Crippen LogP contribution is 2.23. The Morgan fingerprint density at radius 1 is 1.00 bits per heavy atom. The van der Waals surface area contributed by atoms with Crippen LogP contribution < -0.4 is 0 Å². The lowest BCUT2D eigenvalue weighted by Crippen LogP contribution is -1.95. The molecule has 0 amide bonds. The maximum Gasteiger partial charge on any atom is 0.229 e. The van der Waals surface area contributed by atoms with Gasteiger partial charge in [-0.1, -0.05) is 36.4 Å². The number of para-hydroxylation sites is 2. The van der Waals surface area contributed by atoms with Crippen molar-refractivity contribution in [2.24, 2.45) is 0 Å². The average molecular weight is 274 g/mol. The van der Waals surface area contributed by atoms with Crippen LogP contribution in [0.5, 0.6) is 0 Å². The molecule has 0 bridgehead atoms. The second-order valence-corrected chi connectivity index (χ2v) is 5.07. The van der Waals surface area contributed by atoms with E-state index in [0.29, 0.717) is 0 Å². The quantitative estimate of drug-likeness (QED) is 0.605. The van der Waals surface area contributed by atoms with E-state index in [-0.39, 0.29) is 0 Å². The third-order valence-corrected chi connectivity index (χ3v) is 3.63. The topological polar surface area (TPSA) is 46.5 Å². The van der Waals surface area contributed by atoms with Gasteiger partial charge in [-0.2, -0.15) is 5.10 Å². The molecular formula is C17H14N4. The van der Waals surface area contributed by atoms with Crippen molar-refractivity contribution in [1.29, 1.82) is 0 Å². The van der Waals surface area contributed by atoms with Crippen molar-refractivity contribution in [2.45, 2.75) is 6.92 Å². The highest BCUT2D eigenvalue weighted by molar-refractivity contribution is 5.76. The maximum atomic E-state index is 4.56. The fourth-order valence-electron chi connectivity index (χ4n) is 2.52. The van der Waals surface area contributed by atoms with Gasteiger partial charge in [0.25, 0.3) is 0 Å². The van der Waals surface area contributed by atoms with Gasteiger partial charge in [-0.3, -0.25) is 0 Å². The third-order valence-electron chi connectivity index (χ3n) is 3.63. The number of hydrogen-bond acceptors (Lipinski definition) is 2. The molecule has 0 atom stereocenters. The molecule has 0 radical (unpaired) electrons. The molecule has 0 saturated carbocycles. The molecule has 4 aromatic rings. The van der Waals surface area contributed by atoms with E-state index in [9.17, 15) is 0 Å². The van der Waals surface area contributed by atoms with E-state index in [4.69, 9.17) is 0 Å². The summed E-state index contributed by atoms with van der Waals surface area (Å²) in [5.41, 5.74) is 5.48. The highest BCUT2D eigenvalue weighted by Gasteiger charge is 2.08. The second-order valence-electron chi connectivity index (χ2n) is 5.07. The number of nitrogens with one attached hydrogen (secondary N) is 1. The molecule has 0 saturated heterocycles. The Kier molecular flexibility index (Phi) is 2.60. The molecular weight excluding hydrogens is 260 g/mol. The van der Waals surface area contributed by atoms with Crippen LogP contribution in [0.1, 0.15) is 5.56 Å². The van der Waals surface area contributed by atoms with Crippen LogP contribution in [-0.2, 0) is 0 Å². The second kappa shape index (κ2) is 4.59. The smallest absolute Gasteiger partial charge is 0.229 e. The first-order valence-electron chi connectivity index (χ1n) is 6.87. The van der Waals surface area contributed by atoms with Gasteiger partial charge in [0.1, 0.15) is 0 Å². The summed E-state index contributed by atoms with van der Waals surface area (Å²) in [6, 6.07) is 16.3. The summed E-state index contributed by atoms with van der Waals surface area (Å²) in [4.78, 5) is 7.84. The van der Waals surface area contributed by atoms with Crippen molar-refractivity contribution in [3.05, 3.63) is 66.5 Å². The summed E-state index contributed by atoms with van der Waals surface area (Å²) in [5.74, 6) is 0.732. The number of aromatic nitrogens is 4. The largest absolute Gasteiger partial charge is 0.322 e. The third kappa shape index (κ3) is 2.01. The Labute approximate surface area is 122 Å². The van der Waals surface area contributed by atoms with E-state index in [2.05, 4.69) is 34.1 Å². The van der Waals surface area contributed by atoms with Gasteiger partial charge in [0.15, 0.2) is 0 Å². The highest BCUT2D eigenvalue weighted by atomic mass is 15.3. The van der Waals surface area contributed by atoms with Crippen molar-refractivity contribution in [2.75, 3.05) is 0 Å². The minimum absolute atomic E-state index is 0.732. The number of imidazole rings is 1. The Morgan fingerprint density at radius 2 is 1.81 bits per heavy atom. The number of aryl methyl sites for hydroxylation is 1. The summed E-state index contributed by atoms with van der Waals surface area (Å²) >= 11 is 0. The number of aromatic amines is 1. The van der Waals surface area contributed by atoms with Crippen LogP contribution in [0.25, 0.3) is 28.1 Å². The fourth-order valence-corrected chi connectivity index (χ4v) is 2.52. The lowest BCUT2D eigenvalue weighted by Gasteiger charge is -2.01. The van der Waals surface area contributed by atoms with E-state index >= 15 is 0 Å². The molecule has 2 aromatic carbocycles. The van der Waals surface area contributed by atoms with Gasteiger partial charge < -0.3 is 4.98 Å². The Hall–Kier alpha value is -2.88. The van der Waals surface area contributed by atoms with Crippen LogP contribution in [0, 0.1) is 6.92 Å². The molecule has 2 aromatic heterocycles. The zero-order valence-electron chi connectivity index (χ0n) is 11.6. The predicted molar refractivity (Wildman–Crippen MR) is 83.4 cm³/mol. The van der Waals surface area contributed by atoms with Crippen molar-refractivity contribution in [3.63, 3.8) is 0 Å². The number of nitrogens with zero attached hydrogens (tertiary/aromatic N) is 3. The Morgan fingerprint density at radius 3 is 2.67 bits per heavy atom. The molecule has 4 heteroatoms. The van der Waals surface area contributed by atoms with E-state index < -0.39 is 0 Å². The van der Waals surface area contributed by atoms with E-state index in [0.717, 1.165) is 22.5 Å². The molecule has 0 unspecified atom stereocenters. The number of hydrogen-bond donors (Lipinski definition) is 1. The van der Waals surface area contributed by atoms with Crippen molar-refractivity contribution in [1.82, 2.24) is 19.7 Å². The Balaban J connectivity index is 1.79. The first-order valence-corrected chi connectivity index (χ1v) is 6.87. The SMILES string of the molecule is Cc1ccccc1-c1cnn(-c2nc3ccccc3[nH]2)c1. The first kappa shape index (κ1) is 11.9. The van der Waals surface area contributed by atoms with Crippen LogP contribution in [0.3, 0.4) is 0 Å². The van der Waals surface area contributed by atoms with Gasteiger partial charge in [-0.25, -0.2) is 9.67 Å². The van der Waals surface area contributed by atoms with E-state index in [1.807, 2.05) is 48.8 Å². The van der Waals surface area contributed by atoms with Crippen LogP contribution >= 0.6 is 0 Å². The monoisotopic (exact) mass is 274 g/mol. The Bertz CT molecular complexity index is 884. The molecule has 0 aliphatic carbocycles. The molecule has 0 aliphatic rings. The lowest BCUT2D eigenvalue weighted by atomic mass is 10.0. The molecule has 102 valence electrons. The normalized spacial score (nSPS) is 11.1. The zero-order valence-corrected chi connectivity index (χ0v) is 11.6. The molecule has 0 spiro atoms. The molecule has 1 N–H and O–H groups in total. The molecule has 4 nitrogen and oxygen atoms in total. The number of benzene rings is 2. The van der Waals surface area contributed by atoms with E-state index in [1.165, 1.54) is 11.1 Å². The standard InChI is InChI=1S/C17H14N4/c1-12-6-2-3-7-14(12)13-10-18-21(11-13)17-19-15-8-4-5-9-16(15)20-17/h2-11H,1H3,(H,19,20). The summed E-state index contributed by atoms with van der Waals surface area (Å²) in [6.45, 7) is 2.11. The van der Waals surface area contributed by atoms with Crippen LogP contribution in [0.2, 0.25) is 0 Å². The molecule has 0 aliphatic heterocycles. The summed E-state index contributed by atoms with van der Waals surface area (Å²) in [7, 11) is 0. The van der Waals surface area contributed by atoms with Gasteiger partial charge in [-0.15, -0.1) is 0 Å².